The van der Waals surface area contributed by atoms with Gasteiger partial charge in [-0.25, -0.2) is 9.97 Å². The molecule has 1 heterocycles. The second kappa shape index (κ2) is 7.59. The molecule has 0 unspecified atom stereocenters. The summed E-state index contributed by atoms with van der Waals surface area (Å²) in [5, 5.41) is 3.28. The molecular formula is C16H28N4O. The SMILES string of the molecule is CCNc1cc(N(C)CCOCC2CC2)nc(C(C)C)n1. The first-order valence-corrected chi connectivity index (χ1v) is 8.01. The molecule has 1 aliphatic carbocycles. The monoisotopic (exact) mass is 292 g/mol. The Kier molecular flexibility index (Phi) is 5.79. The molecule has 118 valence electrons. The fourth-order valence-electron chi connectivity index (χ4n) is 2.03. The molecule has 21 heavy (non-hydrogen) atoms. The molecule has 5 nitrogen and oxygen atoms in total. The van der Waals surface area contributed by atoms with Crippen LogP contribution >= 0.6 is 0 Å². The molecule has 1 N–H and O–H groups in total. The molecule has 2 rings (SSSR count). The molecule has 0 spiro atoms. The quantitative estimate of drug-likeness (QED) is 0.709. The molecule has 0 radical (unpaired) electrons. The average molecular weight is 292 g/mol. The van der Waals surface area contributed by atoms with Crippen LogP contribution in [0.15, 0.2) is 6.07 Å². The van der Waals surface area contributed by atoms with Gasteiger partial charge in [-0.05, 0) is 25.7 Å². The minimum absolute atomic E-state index is 0.321. The van der Waals surface area contributed by atoms with Crippen molar-refractivity contribution in [1.29, 1.82) is 0 Å². The largest absolute Gasteiger partial charge is 0.379 e. The van der Waals surface area contributed by atoms with Crippen molar-refractivity contribution in [2.45, 2.75) is 39.5 Å². The van der Waals surface area contributed by atoms with E-state index in [4.69, 9.17) is 4.74 Å². The number of nitrogens with zero attached hydrogens (tertiary/aromatic N) is 3. The minimum Gasteiger partial charge on any atom is -0.379 e. The lowest BCUT2D eigenvalue weighted by molar-refractivity contribution is 0.131. The second-order valence-electron chi connectivity index (χ2n) is 6.09. The highest BCUT2D eigenvalue weighted by Crippen LogP contribution is 2.28. The lowest BCUT2D eigenvalue weighted by atomic mass is 10.2. The molecule has 5 heteroatoms. The van der Waals surface area contributed by atoms with Crippen molar-refractivity contribution in [3.63, 3.8) is 0 Å². The van der Waals surface area contributed by atoms with E-state index in [-0.39, 0.29) is 0 Å². The molecule has 1 aromatic heterocycles. The average Bonchev–Trinajstić information content (AvgIpc) is 3.27. The van der Waals surface area contributed by atoms with Crippen LogP contribution in [0.1, 0.15) is 45.4 Å². The summed E-state index contributed by atoms with van der Waals surface area (Å²) in [4.78, 5) is 11.4. The van der Waals surface area contributed by atoms with Crippen LogP contribution in [0.3, 0.4) is 0 Å². The predicted molar refractivity (Wildman–Crippen MR) is 87.1 cm³/mol. The summed E-state index contributed by atoms with van der Waals surface area (Å²) in [6, 6.07) is 2.01. The van der Waals surface area contributed by atoms with Gasteiger partial charge >= 0.3 is 0 Å². The standard InChI is InChI=1S/C16H28N4O/c1-5-17-14-10-15(19-16(18-14)12(2)3)20(4)8-9-21-11-13-6-7-13/h10,12-13H,5-9,11H2,1-4H3,(H,17,18,19). The van der Waals surface area contributed by atoms with Gasteiger partial charge in [-0.1, -0.05) is 13.8 Å². The van der Waals surface area contributed by atoms with Crippen molar-refractivity contribution < 1.29 is 4.74 Å². The Labute approximate surface area is 128 Å². The maximum atomic E-state index is 5.70. The van der Waals surface area contributed by atoms with Gasteiger partial charge in [0.2, 0.25) is 0 Å². The number of anilines is 2. The number of nitrogens with one attached hydrogen (secondary N) is 1. The van der Waals surface area contributed by atoms with Crippen molar-refractivity contribution in [3.8, 4) is 0 Å². The fourth-order valence-corrected chi connectivity index (χ4v) is 2.03. The van der Waals surface area contributed by atoms with E-state index in [1.54, 1.807) is 0 Å². The Balaban J connectivity index is 1.94. The van der Waals surface area contributed by atoms with Gasteiger partial charge in [0.25, 0.3) is 0 Å². The lowest BCUT2D eigenvalue weighted by Gasteiger charge is -2.20. The Bertz CT molecular complexity index is 446. The van der Waals surface area contributed by atoms with E-state index < -0.39 is 0 Å². The van der Waals surface area contributed by atoms with Gasteiger partial charge < -0.3 is 15.0 Å². The van der Waals surface area contributed by atoms with Gasteiger partial charge in [-0.15, -0.1) is 0 Å². The molecule has 0 aromatic carbocycles. The van der Waals surface area contributed by atoms with Crippen molar-refractivity contribution in [2.75, 3.05) is 43.6 Å². The Morgan fingerprint density at radius 2 is 2.14 bits per heavy atom. The van der Waals surface area contributed by atoms with Crippen molar-refractivity contribution >= 4 is 11.6 Å². The molecule has 0 bridgehead atoms. The van der Waals surface area contributed by atoms with E-state index in [0.717, 1.165) is 49.7 Å². The summed E-state index contributed by atoms with van der Waals surface area (Å²) in [6.07, 6.45) is 2.68. The molecule has 1 fully saturated rings. The van der Waals surface area contributed by atoms with Crippen molar-refractivity contribution in [2.24, 2.45) is 5.92 Å². The molecular weight excluding hydrogens is 264 g/mol. The number of rotatable bonds is 9. The van der Waals surface area contributed by atoms with Crippen LogP contribution in [0.25, 0.3) is 0 Å². The third kappa shape index (κ3) is 5.16. The van der Waals surface area contributed by atoms with Gasteiger partial charge in [0, 0.05) is 38.7 Å². The number of ether oxygens (including phenoxy) is 1. The van der Waals surface area contributed by atoms with E-state index in [1.807, 2.05) is 6.07 Å². The molecule has 1 saturated carbocycles. The van der Waals surface area contributed by atoms with Crippen LogP contribution in [0, 0.1) is 5.92 Å². The van der Waals surface area contributed by atoms with E-state index >= 15 is 0 Å². The highest BCUT2D eigenvalue weighted by Gasteiger charge is 2.21. The summed E-state index contributed by atoms with van der Waals surface area (Å²) >= 11 is 0. The highest BCUT2D eigenvalue weighted by molar-refractivity contribution is 5.49. The summed E-state index contributed by atoms with van der Waals surface area (Å²) < 4.78 is 5.70. The first kappa shape index (κ1) is 16.0. The normalized spacial score (nSPS) is 14.5. The molecule has 1 aliphatic rings. The highest BCUT2D eigenvalue weighted by atomic mass is 16.5. The summed E-state index contributed by atoms with van der Waals surface area (Å²) in [6.45, 7) is 9.70. The Morgan fingerprint density at radius 1 is 1.38 bits per heavy atom. The van der Waals surface area contributed by atoms with E-state index in [0.29, 0.717) is 5.92 Å². The van der Waals surface area contributed by atoms with Gasteiger partial charge in [0.1, 0.15) is 17.5 Å². The van der Waals surface area contributed by atoms with Gasteiger partial charge in [-0.2, -0.15) is 0 Å². The van der Waals surface area contributed by atoms with E-state index in [1.165, 1.54) is 12.8 Å². The zero-order valence-corrected chi connectivity index (χ0v) is 13.7. The summed E-state index contributed by atoms with van der Waals surface area (Å²) in [5.74, 6) is 3.88. The maximum Gasteiger partial charge on any atom is 0.135 e. The number of hydrogen-bond donors (Lipinski definition) is 1. The summed E-state index contributed by atoms with van der Waals surface area (Å²) in [7, 11) is 2.06. The molecule has 1 aromatic rings. The van der Waals surface area contributed by atoms with E-state index in [9.17, 15) is 0 Å². The topological polar surface area (TPSA) is 50.3 Å². The van der Waals surface area contributed by atoms with Gasteiger partial charge in [0.05, 0.1) is 6.61 Å². The zero-order chi connectivity index (χ0) is 15.2. The Morgan fingerprint density at radius 3 is 2.76 bits per heavy atom. The van der Waals surface area contributed by atoms with Crippen LogP contribution in [-0.4, -0.2) is 43.3 Å². The van der Waals surface area contributed by atoms with Crippen molar-refractivity contribution in [1.82, 2.24) is 9.97 Å². The first-order chi connectivity index (χ1) is 10.1. The Hall–Kier alpha value is -1.36. The maximum absolute atomic E-state index is 5.70. The van der Waals surface area contributed by atoms with Crippen molar-refractivity contribution in [3.05, 3.63) is 11.9 Å². The van der Waals surface area contributed by atoms with Crippen LogP contribution in [-0.2, 0) is 4.74 Å². The first-order valence-electron chi connectivity index (χ1n) is 8.01. The van der Waals surface area contributed by atoms with Crippen LogP contribution in [0.4, 0.5) is 11.6 Å². The zero-order valence-electron chi connectivity index (χ0n) is 13.7. The second-order valence-corrected chi connectivity index (χ2v) is 6.09. The smallest absolute Gasteiger partial charge is 0.135 e. The lowest BCUT2D eigenvalue weighted by Crippen LogP contribution is -2.25. The third-order valence-corrected chi connectivity index (χ3v) is 3.62. The molecule has 0 atom stereocenters. The molecule has 0 saturated heterocycles. The number of hydrogen-bond acceptors (Lipinski definition) is 5. The fraction of sp³-hybridized carbons (Fsp3) is 0.750. The third-order valence-electron chi connectivity index (χ3n) is 3.62. The van der Waals surface area contributed by atoms with Crippen LogP contribution in [0.2, 0.25) is 0 Å². The van der Waals surface area contributed by atoms with Gasteiger partial charge in [0.15, 0.2) is 0 Å². The predicted octanol–water partition coefficient (Wildman–Crippen LogP) is 2.89. The van der Waals surface area contributed by atoms with Crippen LogP contribution < -0.4 is 10.2 Å². The molecule has 0 amide bonds. The van der Waals surface area contributed by atoms with Gasteiger partial charge in [-0.3, -0.25) is 0 Å². The van der Waals surface area contributed by atoms with Crippen LogP contribution in [0.5, 0.6) is 0 Å². The van der Waals surface area contributed by atoms with E-state index in [2.05, 4.69) is 48.0 Å². The summed E-state index contributed by atoms with van der Waals surface area (Å²) in [5.41, 5.74) is 0. The number of likely N-dealkylation sites (N-methyl/N-ethyl adjacent to an activating group) is 1. The number of aromatic nitrogens is 2. The minimum atomic E-state index is 0.321. The molecule has 0 aliphatic heterocycles.